The van der Waals surface area contributed by atoms with Crippen LogP contribution in [0.1, 0.15) is 25.5 Å². The number of thiazole rings is 1. The summed E-state index contributed by atoms with van der Waals surface area (Å²) in [6.07, 6.45) is 4.27. The van der Waals surface area contributed by atoms with Crippen LogP contribution in [0, 0.1) is 0 Å². The molecule has 0 radical (unpaired) electrons. The third-order valence-electron chi connectivity index (χ3n) is 4.56. The lowest BCUT2D eigenvalue weighted by Gasteiger charge is -2.36. The Morgan fingerprint density at radius 2 is 2.17 bits per heavy atom. The Bertz CT molecular complexity index is 665. The second kappa shape index (κ2) is 7.85. The van der Waals surface area contributed by atoms with Crippen LogP contribution in [0.25, 0.3) is 10.7 Å². The Labute approximate surface area is 147 Å². The molecule has 5 nitrogen and oxygen atoms in total. The van der Waals surface area contributed by atoms with Gasteiger partial charge in [-0.15, -0.1) is 11.3 Å². The molecule has 1 saturated heterocycles. The van der Waals surface area contributed by atoms with Crippen molar-refractivity contribution in [3.63, 3.8) is 0 Å². The highest BCUT2D eigenvalue weighted by atomic mass is 32.1. The molecule has 2 aromatic rings. The Hall–Kier alpha value is -1.79. The molecular weight excluding hydrogens is 320 g/mol. The van der Waals surface area contributed by atoms with Crippen LogP contribution in [0.3, 0.4) is 0 Å². The van der Waals surface area contributed by atoms with Gasteiger partial charge in [-0.25, -0.2) is 4.98 Å². The number of nitrogens with zero attached hydrogens (tertiary/aromatic N) is 4. The van der Waals surface area contributed by atoms with Gasteiger partial charge in [0.15, 0.2) is 0 Å². The number of hydrogen-bond acceptors (Lipinski definition) is 5. The molecule has 1 aliphatic heterocycles. The van der Waals surface area contributed by atoms with E-state index in [-0.39, 0.29) is 5.91 Å². The molecule has 0 aliphatic carbocycles. The van der Waals surface area contributed by atoms with Gasteiger partial charge in [0.2, 0.25) is 5.91 Å². The molecule has 1 fully saturated rings. The molecular formula is C18H24N4OS. The lowest BCUT2D eigenvalue weighted by Crippen LogP contribution is -2.47. The maximum Gasteiger partial charge on any atom is 0.228 e. The molecule has 6 heteroatoms. The van der Waals surface area contributed by atoms with Crippen molar-refractivity contribution < 1.29 is 4.79 Å². The fourth-order valence-electron chi connectivity index (χ4n) is 3.20. The van der Waals surface area contributed by atoms with E-state index in [0.717, 1.165) is 48.9 Å². The Balaban J connectivity index is 1.64. The number of amides is 1. The number of aromatic nitrogens is 2. The Morgan fingerprint density at radius 1 is 1.38 bits per heavy atom. The molecule has 1 amide bonds. The standard InChI is InChI=1S/C18H24N4OS/c1-3-22(15-7-10-21(2)11-8-15)17(23)12-14-13-24-18(20-14)16-6-4-5-9-19-16/h4-6,9,13,15H,3,7-8,10-12H2,1-2H3. The quantitative estimate of drug-likeness (QED) is 0.837. The third-order valence-corrected chi connectivity index (χ3v) is 5.47. The topological polar surface area (TPSA) is 49.3 Å². The van der Waals surface area contributed by atoms with Crippen LogP contribution in [-0.4, -0.2) is 58.4 Å². The molecule has 24 heavy (non-hydrogen) atoms. The molecule has 1 aliphatic rings. The minimum atomic E-state index is 0.185. The minimum absolute atomic E-state index is 0.185. The van der Waals surface area contributed by atoms with E-state index in [1.54, 1.807) is 17.5 Å². The van der Waals surface area contributed by atoms with Crippen LogP contribution in [0.4, 0.5) is 0 Å². The van der Waals surface area contributed by atoms with Gasteiger partial charge in [0, 0.05) is 24.2 Å². The fraction of sp³-hybridized carbons (Fsp3) is 0.500. The molecule has 0 bridgehead atoms. The molecule has 2 aromatic heterocycles. The van der Waals surface area contributed by atoms with E-state index in [0.29, 0.717) is 12.5 Å². The molecule has 0 atom stereocenters. The maximum absolute atomic E-state index is 12.7. The summed E-state index contributed by atoms with van der Waals surface area (Å²) in [4.78, 5) is 26.0. The summed E-state index contributed by atoms with van der Waals surface area (Å²) < 4.78 is 0. The summed E-state index contributed by atoms with van der Waals surface area (Å²) in [6.45, 7) is 4.96. The number of likely N-dealkylation sites (tertiary alicyclic amines) is 1. The SMILES string of the molecule is CCN(C(=O)Cc1csc(-c2ccccn2)n1)C1CCN(C)CC1. The largest absolute Gasteiger partial charge is 0.340 e. The highest BCUT2D eigenvalue weighted by Crippen LogP contribution is 2.22. The number of rotatable bonds is 5. The van der Waals surface area contributed by atoms with Crippen molar-refractivity contribution >= 4 is 17.2 Å². The van der Waals surface area contributed by atoms with E-state index >= 15 is 0 Å². The lowest BCUT2D eigenvalue weighted by molar-refractivity contribution is -0.133. The molecule has 3 rings (SSSR count). The molecule has 3 heterocycles. The minimum Gasteiger partial charge on any atom is -0.340 e. The first-order chi connectivity index (χ1) is 11.7. The second-order valence-corrected chi connectivity index (χ2v) is 7.11. The zero-order valence-electron chi connectivity index (χ0n) is 14.3. The van der Waals surface area contributed by atoms with E-state index in [1.165, 1.54) is 0 Å². The van der Waals surface area contributed by atoms with Crippen molar-refractivity contribution in [2.24, 2.45) is 0 Å². The highest BCUT2D eigenvalue weighted by molar-refractivity contribution is 7.13. The van der Waals surface area contributed by atoms with Crippen LogP contribution < -0.4 is 0 Å². The zero-order chi connectivity index (χ0) is 16.9. The molecule has 0 N–H and O–H groups in total. The van der Waals surface area contributed by atoms with Gasteiger partial charge in [-0.3, -0.25) is 9.78 Å². The number of piperidine rings is 1. The fourth-order valence-corrected chi connectivity index (χ4v) is 3.99. The summed E-state index contributed by atoms with van der Waals surface area (Å²) in [6, 6.07) is 6.16. The highest BCUT2D eigenvalue weighted by Gasteiger charge is 2.26. The van der Waals surface area contributed by atoms with Gasteiger partial charge in [0.1, 0.15) is 5.01 Å². The van der Waals surface area contributed by atoms with Gasteiger partial charge in [-0.2, -0.15) is 0 Å². The summed E-state index contributed by atoms with van der Waals surface area (Å²) in [5.74, 6) is 0.185. The van der Waals surface area contributed by atoms with Crippen LogP contribution in [0.2, 0.25) is 0 Å². The summed E-state index contributed by atoms with van der Waals surface area (Å²) in [5, 5.41) is 2.85. The molecule has 0 spiro atoms. The summed E-state index contributed by atoms with van der Waals surface area (Å²) in [5.41, 5.74) is 1.71. The molecule has 0 aromatic carbocycles. The average molecular weight is 344 g/mol. The normalized spacial score (nSPS) is 16.2. The van der Waals surface area contributed by atoms with E-state index in [4.69, 9.17) is 0 Å². The summed E-state index contributed by atoms with van der Waals surface area (Å²) >= 11 is 1.55. The maximum atomic E-state index is 12.7. The van der Waals surface area contributed by atoms with Gasteiger partial charge in [0.05, 0.1) is 17.8 Å². The van der Waals surface area contributed by atoms with Crippen molar-refractivity contribution in [1.29, 1.82) is 0 Å². The van der Waals surface area contributed by atoms with E-state index in [9.17, 15) is 4.79 Å². The van der Waals surface area contributed by atoms with Crippen LogP contribution in [-0.2, 0) is 11.2 Å². The predicted molar refractivity (Wildman–Crippen MR) is 97.0 cm³/mol. The monoisotopic (exact) mass is 344 g/mol. The van der Waals surface area contributed by atoms with Crippen molar-refractivity contribution in [3.05, 3.63) is 35.5 Å². The second-order valence-electron chi connectivity index (χ2n) is 6.25. The average Bonchev–Trinajstić information content (AvgIpc) is 3.06. The van der Waals surface area contributed by atoms with Gasteiger partial charge >= 0.3 is 0 Å². The number of carbonyl (C=O) groups is 1. The zero-order valence-corrected chi connectivity index (χ0v) is 15.1. The van der Waals surface area contributed by atoms with Gasteiger partial charge < -0.3 is 9.80 Å². The van der Waals surface area contributed by atoms with E-state index < -0.39 is 0 Å². The van der Waals surface area contributed by atoms with Crippen molar-refractivity contribution in [1.82, 2.24) is 19.8 Å². The van der Waals surface area contributed by atoms with Crippen LogP contribution in [0.5, 0.6) is 0 Å². The smallest absolute Gasteiger partial charge is 0.228 e. The van der Waals surface area contributed by atoms with Crippen LogP contribution in [0.15, 0.2) is 29.8 Å². The van der Waals surface area contributed by atoms with Crippen molar-refractivity contribution in [2.45, 2.75) is 32.2 Å². The molecule has 0 unspecified atom stereocenters. The van der Waals surface area contributed by atoms with Crippen molar-refractivity contribution in [2.75, 3.05) is 26.7 Å². The first kappa shape index (κ1) is 17.0. The number of hydrogen-bond donors (Lipinski definition) is 0. The Kier molecular flexibility index (Phi) is 5.58. The first-order valence-electron chi connectivity index (χ1n) is 8.51. The van der Waals surface area contributed by atoms with Crippen molar-refractivity contribution in [3.8, 4) is 10.7 Å². The van der Waals surface area contributed by atoms with Gasteiger partial charge in [-0.1, -0.05) is 6.07 Å². The van der Waals surface area contributed by atoms with Gasteiger partial charge in [0.25, 0.3) is 0 Å². The Morgan fingerprint density at radius 3 is 2.83 bits per heavy atom. The van der Waals surface area contributed by atoms with E-state index in [2.05, 4.69) is 28.8 Å². The number of pyridine rings is 1. The number of carbonyl (C=O) groups excluding carboxylic acids is 1. The summed E-state index contributed by atoms with van der Waals surface area (Å²) in [7, 11) is 2.14. The lowest BCUT2D eigenvalue weighted by atomic mass is 10.0. The van der Waals surface area contributed by atoms with E-state index in [1.807, 2.05) is 28.5 Å². The molecule has 128 valence electrons. The van der Waals surface area contributed by atoms with Gasteiger partial charge in [-0.05, 0) is 52.0 Å². The number of likely N-dealkylation sites (N-methyl/N-ethyl adjacent to an activating group) is 1. The third kappa shape index (κ3) is 3.99. The van der Waals surface area contributed by atoms with Crippen LogP contribution >= 0.6 is 11.3 Å². The predicted octanol–water partition coefficient (Wildman–Crippen LogP) is 2.69. The molecule has 0 saturated carbocycles. The first-order valence-corrected chi connectivity index (χ1v) is 9.39.